The third kappa shape index (κ3) is 10.0. The second-order valence-corrected chi connectivity index (χ2v) is 9.86. The molecule has 0 bridgehead atoms. The summed E-state index contributed by atoms with van der Waals surface area (Å²) in [6.45, 7) is 21.5. The maximum absolute atomic E-state index is 9.02. The van der Waals surface area contributed by atoms with Crippen LogP contribution in [0.2, 0.25) is 0 Å². The Balaban J connectivity index is 0.000000316. The van der Waals surface area contributed by atoms with Crippen molar-refractivity contribution in [2.24, 2.45) is 10.9 Å². The predicted octanol–water partition coefficient (Wildman–Crippen LogP) is 6.85. The molecular weight excluding hydrogens is 454 g/mol. The Bertz CT molecular complexity index is 1180. The zero-order chi connectivity index (χ0) is 28.0. The van der Waals surface area contributed by atoms with E-state index in [1.807, 2.05) is 63.5 Å². The van der Waals surface area contributed by atoms with Crippen LogP contribution in [-0.2, 0) is 4.74 Å². The third-order valence-corrected chi connectivity index (χ3v) is 6.50. The van der Waals surface area contributed by atoms with Gasteiger partial charge in [0, 0.05) is 19.9 Å². The minimum absolute atomic E-state index is 0.384. The first-order valence-corrected chi connectivity index (χ1v) is 13.3. The molecule has 37 heavy (non-hydrogen) atoms. The summed E-state index contributed by atoms with van der Waals surface area (Å²) < 4.78 is 4.75. The lowest BCUT2D eigenvalue weighted by Gasteiger charge is -2.30. The van der Waals surface area contributed by atoms with Crippen LogP contribution in [0.25, 0.3) is 24.3 Å². The van der Waals surface area contributed by atoms with Crippen LogP contribution in [0.1, 0.15) is 71.4 Å². The Kier molecular flexibility index (Phi) is 14.3. The first-order chi connectivity index (χ1) is 17.6. The molecule has 2 aromatic carbocycles. The van der Waals surface area contributed by atoms with Crippen LogP contribution in [0.15, 0.2) is 52.7 Å². The highest BCUT2D eigenvalue weighted by atomic mass is 16.5. The van der Waals surface area contributed by atoms with E-state index in [0.717, 1.165) is 39.6 Å². The molecule has 1 heterocycles. The van der Waals surface area contributed by atoms with E-state index in [1.165, 1.54) is 37.0 Å². The summed E-state index contributed by atoms with van der Waals surface area (Å²) in [5.74, 6) is 0.733. The average molecular weight is 502 g/mol. The molecular formula is C33H47N3O. The number of benzene rings is 2. The molecule has 200 valence electrons. The number of methoxy groups -OCH3 is 1. The van der Waals surface area contributed by atoms with Crippen molar-refractivity contribution in [3.8, 4) is 17.2 Å². The van der Waals surface area contributed by atoms with Gasteiger partial charge in [0.2, 0.25) is 0 Å². The highest BCUT2D eigenvalue weighted by Gasteiger charge is 2.20. The summed E-state index contributed by atoms with van der Waals surface area (Å²) in [4.78, 5) is 6.55. The van der Waals surface area contributed by atoms with E-state index in [2.05, 4.69) is 56.9 Å². The summed E-state index contributed by atoms with van der Waals surface area (Å²) in [6, 6.07) is 13.9. The van der Waals surface area contributed by atoms with Crippen LogP contribution in [0.3, 0.4) is 0 Å². The van der Waals surface area contributed by atoms with Gasteiger partial charge < -0.3 is 9.64 Å². The molecule has 4 nitrogen and oxygen atoms in total. The fourth-order valence-electron chi connectivity index (χ4n) is 4.36. The van der Waals surface area contributed by atoms with Crippen LogP contribution in [-0.4, -0.2) is 38.0 Å². The van der Waals surface area contributed by atoms with Gasteiger partial charge in [-0.05, 0) is 91.3 Å². The second-order valence-electron chi connectivity index (χ2n) is 9.86. The Labute approximate surface area is 225 Å². The highest BCUT2D eigenvalue weighted by Crippen LogP contribution is 2.28. The van der Waals surface area contributed by atoms with Gasteiger partial charge in [0.1, 0.15) is 0 Å². The highest BCUT2D eigenvalue weighted by molar-refractivity contribution is 5.69. The summed E-state index contributed by atoms with van der Waals surface area (Å²) in [5, 5.41) is 10.9. The van der Waals surface area contributed by atoms with Gasteiger partial charge >= 0.3 is 0 Å². The maximum Gasteiger partial charge on any atom is 0.0994 e. The lowest BCUT2D eigenvalue weighted by Crippen LogP contribution is -2.27. The van der Waals surface area contributed by atoms with E-state index in [0.29, 0.717) is 11.7 Å². The van der Waals surface area contributed by atoms with E-state index in [9.17, 15) is 0 Å². The molecule has 0 saturated carbocycles. The Morgan fingerprint density at radius 2 is 1.68 bits per heavy atom. The van der Waals surface area contributed by atoms with Gasteiger partial charge in [-0.3, -0.25) is 4.99 Å². The molecule has 0 atom stereocenters. The van der Waals surface area contributed by atoms with Gasteiger partial charge in [-0.15, -0.1) is 0 Å². The summed E-state index contributed by atoms with van der Waals surface area (Å²) in [6.07, 6.45) is 7.51. The zero-order valence-corrected chi connectivity index (χ0v) is 24.4. The SMILES string of the molecule is C=c1ccc(-c2cccc(C#N)c2C)cc1=C.CCCC(CCC)C1=C(C)CN=CN1C.COC(C)C. The molecule has 3 rings (SSSR count). The third-order valence-electron chi connectivity index (χ3n) is 6.50. The number of rotatable bonds is 7. The molecule has 0 fully saturated rings. The molecule has 0 saturated heterocycles. The fourth-order valence-corrected chi connectivity index (χ4v) is 4.36. The fraction of sp³-hybridized carbons (Fsp3) is 0.455. The van der Waals surface area contributed by atoms with Gasteiger partial charge in [0.15, 0.2) is 0 Å². The summed E-state index contributed by atoms with van der Waals surface area (Å²) in [7, 11) is 3.82. The number of nitriles is 1. The standard InChI is InChI=1S/C16H13N.C13H24N2.C4H10O/c1-11-7-8-14(9-12(11)2)16-6-4-5-15(10-17)13(16)3;1-5-7-12(8-6-2)13-11(3)9-14-10-15(13)4;1-4(2)5-3/h4-9H,1-2H2,3H3;10,12H,5-9H2,1-4H3;4H,1-3H3. The maximum atomic E-state index is 9.02. The quantitative estimate of drug-likeness (QED) is 0.417. The Morgan fingerprint density at radius 1 is 1.05 bits per heavy atom. The van der Waals surface area contributed by atoms with Crippen LogP contribution in [0.5, 0.6) is 0 Å². The van der Waals surface area contributed by atoms with Crippen molar-refractivity contribution in [2.45, 2.75) is 73.3 Å². The Hall–Kier alpha value is -3.16. The minimum Gasteiger partial charge on any atom is -0.382 e. The summed E-state index contributed by atoms with van der Waals surface area (Å²) >= 11 is 0. The normalized spacial score (nSPS) is 12.6. The lowest BCUT2D eigenvalue weighted by atomic mass is 9.91. The van der Waals surface area contributed by atoms with Crippen molar-refractivity contribution in [1.82, 2.24) is 4.90 Å². The van der Waals surface area contributed by atoms with Gasteiger partial charge in [-0.1, -0.05) is 64.1 Å². The van der Waals surface area contributed by atoms with Crippen LogP contribution in [0, 0.1) is 24.2 Å². The molecule has 0 aromatic heterocycles. The molecule has 0 unspecified atom stereocenters. The molecule has 0 spiro atoms. The van der Waals surface area contributed by atoms with E-state index < -0.39 is 0 Å². The molecule has 0 aliphatic carbocycles. The number of nitrogens with zero attached hydrogens (tertiary/aromatic N) is 3. The Morgan fingerprint density at radius 3 is 2.16 bits per heavy atom. The topological polar surface area (TPSA) is 48.6 Å². The van der Waals surface area contributed by atoms with E-state index >= 15 is 0 Å². The first kappa shape index (κ1) is 31.9. The molecule has 1 aliphatic heterocycles. The molecule has 0 amide bonds. The second kappa shape index (κ2) is 16.6. The number of hydrogen-bond acceptors (Lipinski definition) is 4. The number of hydrogen-bond donors (Lipinski definition) is 0. The van der Waals surface area contributed by atoms with E-state index in [4.69, 9.17) is 10.00 Å². The predicted molar refractivity (Wildman–Crippen MR) is 161 cm³/mol. The van der Waals surface area contributed by atoms with Crippen molar-refractivity contribution in [3.05, 3.63) is 69.2 Å². The summed E-state index contributed by atoms with van der Waals surface area (Å²) in [5.41, 5.74) is 6.85. The number of ether oxygens (including phenoxy) is 1. The molecule has 1 aliphatic rings. The van der Waals surface area contributed by atoms with E-state index in [1.54, 1.807) is 7.11 Å². The van der Waals surface area contributed by atoms with Gasteiger partial charge in [0.05, 0.1) is 30.6 Å². The molecule has 4 heteroatoms. The number of aliphatic imine (C=N–C) groups is 1. The molecule has 0 radical (unpaired) electrons. The first-order valence-electron chi connectivity index (χ1n) is 13.3. The van der Waals surface area contributed by atoms with Gasteiger partial charge in [-0.25, -0.2) is 0 Å². The average Bonchev–Trinajstić information content (AvgIpc) is 2.87. The van der Waals surface area contributed by atoms with Crippen LogP contribution in [0.4, 0.5) is 0 Å². The van der Waals surface area contributed by atoms with Gasteiger partial charge in [-0.2, -0.15) is 5.26 Å². The smallest absolute Gasteiger partial charge is 0.0994 e. The van der Waals surface area contributed by atoms with E-state index in [-0.39, 0.29) is 0 Å². The monoisotopic (exact) mass is 501 g/mol. The van der Waals surface area contributed by atoms with Gasteiger partial charge in [0.25, 0.3) is 0 Å². The van der Waals surface area contributed by atoms with Crippen LogP contribution >= 0.6 is 0 Å². The lowest BCUT2D eigenvalue weighted by molar-refractivity contribution is 0.134. The minimum atomic E-state index is 0.384. The van der Waals surface area contributed by atoms with Crippen LogP contribution < -0.4 is 10.4 Å². The van der Waals surface area contributed by atoms with Crippen molar-refractivity contribution in [3.63, 3.8) is 0 Å². The largest absolute Gasteiger partial charge is 0.382 e. The molecule has 2 aromatic rings. The van der Waals surface area contributed by atoms with Crippen molar-refractivity contribution in [1.29, 1.82) is 5.26 Å². The number of allylic oxidation sites excluding steroid dienone is 1. The van der Waals surface area contributed by atoms with Crippen molar-refractivity contribution < 1.29 is 4.74 Å². The van der Waals surface area contributed by atoms with Crippen molar-refractivity contribution in [2.75, 3.05) is 20.7 Å². The van der Waals surface area contributed by atoms with Crippen molar-refractivity contribution >= 4 is 19.5 Å². The zero-order valence-electron chi connectivity index (χ0n) is 24.4. The molecule has 0 N–H and O–H groups in total.